The Kier molecular flexibility index (Phi) is 7.73. The molecule has 150 valence electrons. The molecule has 1 aromatic rings. The third-order valence-electron chi connectivity index (χ3n) is 2.87. The van der Waals surface area contributed by atoms with Gasteiger partial charge in [-0.1, -0.05) is 12.1 Å². The molecule has 1 rings (SSSR count). The molecule has 0 radical (unpaired) electrons. The molecule has 0 spiro atoms. The van der Waals surface area contributed by atoms with Gasteiger partial charge in [-0.2, -0.15) is 0 Å². The fourth-order valence-corrected chi connectivity index (χ4v) is 2.21. The van der Waals surface area contributed by atoms with Crippen molar-refractivity contribution >= 4 is 28.0 Å². The Morgan fingerprint density at radius 3 is 2.15 bits per heavy atom. The summed E-state index contributed by atoms with van der Waals surface area (Å²) in [5.74, 6) is -1.29. The average molecular weight is 401 g/mol. The van der Waals surface area contributed by atoms with E-state index in [2.05, 4.69) is 10.6 Å². The lowest BCUT2D eigenvalue weighted by atomic mass is 10.2. The van der Waals surface area contributed by atoms with Crippen LogP contribution in [0.15, 0.2) is 29.2 Å². The zero-order valence-electron chi connectivity index (χ0n) is 15.3. The minimum Gasteiger partial charge on any atom is -0.460 e. The smallest absolute Gasteiger partial charge is 0.408 e. The maximum Gasteiger partial charge on any atom is 0.408 e. The lowest BCUT2D eigenvalue weighted by Crippen LogP contribution is -2.41. The van der Waals surface area contributed by atoms with Gasteiger partial charge in [0, 0.05) is 0 Å². The predicted octanol–water partition coefficient (Wildman–Crippen LogP) is 0.0181. The fraction of sp³-hybridized carbons (Fsp3) is 0.438. The van der Waals surface area contributed by atoms with Crippen LogP contribution >= 0.6 is 0 Å². The summed E-state index contributed by atoms with van der Waals surface area (Å²) in [5.41, 5.74) is -0.134. The van der Waals surface area contributed by atoms with Gasteiger partial charge in [0.05, 0.1) is 4.90 Å². The Morgan fingerprint density at radius 2 is 1.63 bits per heavy atom. The third kappa shape index (κ3) is 9.56. The van der Waals surface area contributed by atoms with E-state index in [9.17, 15) is 22.8 Å². The van der Waals surface area contributed by atoms with E-state index in [0.717, 1.165) is 0 Å². The molecule has 0 heterocycles. The molecule has 10 nitrogen and oxygen atoms in total. The summed E-state index contributed by atoms with van der Waals surface area (Å²) in [7, 11) is -3.79. The highest BCUT2D eigenvalue weighted by molar-refractivity contribution is 7.89. The molecule has 0 atom stereocenters. The lowest BCUT2D eigenvalue weighted by molar-refractivity contribution is -0.145. The van der Waals surface area contributed by atoms with Crippen LogP contribution in [-0.4, -0.2) is 45.1 Å². The number of carbonyl (C=O) groups is 3. The first-order valence-electron chi connectivity index (χ1n) is 7.88. The van der Waals surface area contributed by atoms with Gasteiger partial charge in [0.15, 0.2) is 0 Å². The van der Waals surface area contributed by atoms with E-state index in [4.69, 9.17) is 14.6 Å². The monoisotopic (exact) mass is 401 g/mol. The maximum absolute atomic E-state index is 11.6. The summed E-state index contributed by atoms with van der Waals surface area (Å²) in [6.07, 6.45) is -0.747. The first-order valence-corrected chi connectivity index (χ1v) is 9.42. The summed E-state index contributed by atoms with van der Waals surface area (Å²) in [4.78, 5) is 34.5. The fourth-order valence-electron chi connectivity index (χ4n) is 1.69. The molecule has 0 unspecified atom stereocenters. The highest BCUT2D eigenvalue weighted by Crippen LogP contribution is 2.09. The van der Waals surface area contributed by atoms with Crippen LogP contribution in [0.1, 0.15) is 26.3 Å². The molecule has 0 aromatic heterocycles. The highest BCUT2D eigenvalue weighted by atomic mass is 32.2. The van der Waals surface area contributed by atoms with Gasteiger partial charge >= 0.3 is 12.1 Å². The van der Waals surface area contributed by atoms with Gasteiger partial charge in [-0.25, -0.2) is 18.4 Å². The number of carbonyl (C=O) groups excluding carboxylic acids is 3. The van der Waals surface area contributed by atoms with Crippen LogP contribution in [0.4, 0.5) is 4.79 Å². The molecule has 0 bridgehead atoms. The number of ether oxygens (including phenoxy) is 2. The van der Waals surface area contributed by atoms with E-state index in [1.54, 1.807) is 20.8 Å². The van der Waals surface area contributed by atoms with Crippen molar-refractivity contribution in [3.8, 4) is 0 Å². The van der Waals surface area contributed by atoms with Gasteiger partial charge in [-0.05, 0) is 38.5 Å². The molecule has 2 amide bonds. The van der Waals surface area contributed by atoms with Crippen molar-refractivity contribution < 1.29 is 32.3 Å². The van der Waals surface area contributed by atoms with Gasteiger partial charge in [0.25, 0.3) is 0 Å². The van der Waals surface area contributed by atoms with Crippen LogP contribution in [-0.2, 0) is 35.7 Å². The topological polar surface area (TPSA) is 154 Å². The van der Waals surface area contributed by atoms with Crippen LogP contribution in [0.3, 0.4) is 0 Å². The molecule has 27 heavy (non-hydrogen) atoms. The second kappa shape index (κ2) is 9.33. The molecule has 0 aliphatic carbocycles. The molecule has 0 aliphatic heterocycles. The first-order chi connectivity index (χ1) is 12.4. The Hall–Kier alpha value is -2.66. The summed E-state index contributed by atoms with van der Waals surface area (Å²) >= 11 is 0. The highest BCUT2D eigenvalue weighted by Gasteiger charge is 2.16. The molecule has 11 heteroatoms. The largest absolute Gasteiger partial charge is 0.460 e. The zero-order valence-corrected chi connectivity index (χ0v) is 16.1. The van der Waals surface area contributed by atoms with Crippen molar-refractivity contribution in [2.75, 3.05) is 13.1 Å². The first kappa shape index (κ1) is 22.4. The second-order valence-electron chi connectivity index (χ2n) is 6.48. The number of esters is 1. The van der Waals surface area contributed by atoms with Crippen molar-refractivity contribution in [2.45, 2.75) is 37.9 Å². The quantitative estimate of drug-likeness (QED) is 0.544. The molecule has 0 aliphatic rings. The predicted molar refractivity (Wildman–Crippen MR) is 94.9 cm³/mol. The van der Waals surface area contributed by atoms with Gasteiger partial charge in [0.2, 0.25) is 15.9 Å². The van der Waals surface area contributed by atoms with E-state index in [1.807, 2.05) is 0 Å². The van der Waals surface area contributed by atoms with Crippen LogP contribution in [0.5, 0.6) is 0 Å². The Bertz CT molecular complexity index is 783. The standard InChI is InChI=1S/C16H23N3O7S/c1-16(2,3)26-15(22)19-8-13(20)18-9-14(21)25-10-11-4-6-12(7-5-11)27(17,23)24/h4-7H,8-10H2,1-3H3,(H,18,20)(H,19,22)(H2,17,23,24). The number of sulfonamides is 1. The van der Waals surface area contributed by atoms with Crippen LogP contribution in [0.2, 0.25) is 0 Å². The molecule has 0 saturated carbocycles. The Balaban J connectivity index is 2.31. The van der Waals surface area contributed by atoms with E-state index >= 15 is 0 Å². The van der Waals surface area contributed by atoms with Crippen molar-refractivity contribution in [3.05, 3.63) is 29.8 Å². The number of nitrogens with one attached hydrogen (secondary N) is 2. The molecule has 4 N–H and O–H groups in total. The Morgan fingerprint density at radius 1 is 1.04 bits per heavy atom. The molecule has 0 fully saturated rings. The number of nitrogens with two attached hydrogens (primary N) is 1. The SMILES string of the molecule is CC(C)(C)OC(=O)NCC(=O)NCC(=O)OCc1ccc(S(N)(=O)=O)cc1. The number of benzene rings is 1. The third-order valence-corrected chi connectivity index (χ3v) is 3.80. The lowest BCUT2D eigenvalue weighted by Gasteiger charge is -2.19. The van der Waals surface area contributed by atoms with Crippen molar-refractivity contribution in [3.63, 3.8) is 0 Å². The van der Waals surface area contributed by atoms with Crippen molar-refractivity contribution in [2.24, 2.45) is 5.14 Å². The number of amides is 2. The number of rotatable bonds is 7. The number of hydrogen-bond donors (Lipinski definition) is 3. The van der Waals surface area contributed by atoms with Crippen molar-refractivity contribution in [1.29, 1.82) is 0 Å². The average Bonchev–Trinajstić information content (AvgIpc) is 2.54. The summed E-state index contributed by atoms with van der Waals surface area (Å²) < 4.78 is 32.2. The minimum atomic E-state index is -3.79. The summed E-state index contributed by atoms with van der Waals surface area (Å²) in [5, 5.41) is 9.52. The van der Waals surface area contributed by atoms with E-state index in [-0.39, 0.29) is 24.6 Å². The second-order valence-corrected chi connectivity index (χ2v) is 8.04. The van der Waals surface area contributed by atoms with Gasteiger partial charge < -0.3 is 20.1 Å². The van der Waals surface area contributed by atoms with Gasteiger partial charge in [-0.15, -0.1) is 0 Å². The van der Waals surface area contributed by atoms with Crippen LogP contribution in [0, 0.1) is 0 Å². The van der Waals surface area contributed by atoms with E-state index < -0.39 is 33.6 Å². The zero-order chi connectivity index (χ0) is 20.7. The summed E-state index contributed by atoms with van der Waals surface area (Å²) in [6, 6.07) is 5.50. The molecular formula is C16H23N3O7S. The normalized spacial score (nSPS) is 11.4. The Labute approximate surface area is 157 Å². The minimum absolute atomic E-state index is 0.0534. The van der Waals surface area contributed by atoms with Crippen molar-refractivity contribution in [1.82, 2.24) is 10.6 Å². The molecule has 0 saturated heterocycles. The maximum atomic E-state index is 11.6. The summed E-state index contributed by atoms with van der Waals surface area (Å²) in [6.45, 7) is 4.22. The number of primary sulfonamides is 1. The van der Waals surface area contributed by atoms with Crippen LogP contribution in [0.25, 0.3) is 0 Å². The number of hydrogen-bond acceptors (Lipinski definition) is 7. The van der Waals surface area contributed by atoms with Gasteiger partial charge in [-0.3, -0.25) is 9.59 Å². The molecular weight excluding hydrogens is 378 g/mol. The van der Waals surface area contributed by atoms with E-state index in [0.29, 0.717) is 5.56 Å². The van der Waals surface area contributed by atoms with Gasteiger partial charge in [0.1, 0.15) is 25.3 Å². The van der Waals surface area contributed by atoms with E-state index in [1.165, 1.54) is 24.3 Å². The number of alkyl carbamates (subject to hydrolysis) is 1. The van der Waals surface area contributed by atoms with Crippen LogP contribution < -0.4 is 15.8 Å². The molecule has 1 aromatic carbocycles.